The van der Waals surface area contributed by atoms with Crippen molar-refractivity contribution in [1.29, 1.82) is 0 Å². The van der Waals surface area contributed by atoms with E-state index in [9.17, 15) is 18.4 Å². The predicted octanol–water partition coefficient (Wildman–Crippen LogP) is 2.72. The summed E-state index contributed by atoms with van der Waals surface area (Å²) in [5.74, 6) is -1.70. The van der Waals surface area contributed by atoms with Crippen LogP contribution in [0.4, 0.5) is 8.78 Å². The minimum Gasteiger partial charge on any atom is -0.340 e. The second kappa shape index (κ2) is 9.64. The summed E-state index contributed by atoms with van der Waals surface area (Å²) in [4.78, 5) is 30.2. The first-order valence-electron chi connectivity index (χ1n) is 11.5. The van der Waals surface area contributed by atoms with Crippen LogP contribution in [0.1, 0.15) is 31.0 Å². The second-order valence-corrected chi connectivity index (χ2v) is 9.38. The topological polar surface area (TPSA) is 78.7 Å². The normalized spacial score (nSPS) is 19.7. The first-order valence-corrected chi connectivity index (χ1v) is 11.5. The van der Waals surface area contributed by atoms with Crippen LogP contribution in [0.25, 0.3) is 5.57 Å². The molecule has 0 aliphatic carbocycles. The lowest BCUT2D eigenvalue weighted by atomic mass is 9.82. The molecule has 1 fully saturated rings. The Bertz CT molecular complexity index is 1100. The number of hydrogen-bond acceptors (Lipinski definition) is 4. The monoisotopic (exact) mass is 468 g/mol. The molecule has 34 heavy (non-hydrogen) atoms. The summed E-state index contributed by atoms with van der Waals surface area (Å²) in [6.07, 6.45) is 1.77. The number of piperazine rings is 1. The van der Waals surface area contributed by atoms with Gasteiger partial charge in [-0.3, -0.25) is 9.59 Å². The lowest BCUT2D eigenvalue weighted by Crippen LogP contribution is -2.59. The van der Waals surface area contributed by atoms with Crippen molar-refractivity contribution < 1.29 is 18.4 Å². The van der Waals surface area contributed by atoms with Gasteiger partial charge >= 0.3 is 0 Å². The number of halogens is 2. The van der Waals surface area contributed by atoms with Gasteiger partial charge in [0.05, 0.1) is 17.5 Å². The highest BCUT2D eigenvalue weighted by Crippen LogP contribution is 2.37. The number of benzene rings is 2. The van der Waals surface area contributed by atoms with Crippen molar-refractivity contribution >= 4 is 17.4 Å². The Morgan fingerprint density at radius 1 is 1.09 bits per heavy atom. The predicted molar refractivity (Wildman–Crippen MR) is 126 cm³/mol. The Morgan fingerprint density at radius 3 is 2.44 bits per heavy atom. The Morgan fingerprint density at radius 2 is 1.76 bits per heavy atom. The molecule has 2 aromatic rings. The van der Waals surface area contributed by atoms with Gasteiger partial charge in [-0.25, -0.2) is 8.78 Å². The molecule has 2 aromatic carbocycles. The smallest absolute Gasteiger partial charge is 0.241 e. The van der Waals surface area contributed by atoms with Crippen molar-refractivity contribution in [3.8, 4) is 0 Å². The number of amides is 2. The quantitative estimate of drug-likeness (QED) is 0.708. The molecule has 2 aliphatic heterocycles. The van der Waals surface area contributed by atoms with E-state index in [2.05, 4.69) is 5.32 Å². The summed E-state index contributed by atoms with van der Waals surface area (Å²) in [7, 11) is 0. The molecule has 0 spiro atoms. The van der Waals surface area contributed by atoms with Crippen LogP contribution in [0.15, 0.2) is 54.6 Å². The maximum absolute atomic E-state index is 14.5. The SMILES string of the molecule is CC(C)(C(=O)N1CCNCC1)[C@@H](N)C(=O)N1CC(c2cc(F)ccc2F)=C[C@H]1c1ccccc1. The number of nitrogens with two attached hydrogens (primary N) is 1. The Balaban J connectivity index is 1.64. The second-order valence-electron chi connectivity index (χ2n) is 9.38. The maximum Gasteiger partial charge on any atom is 0.241 e. The molecule has 1 saturated heterocycles. The maximum atomic E-state index is 14.5. The molecule has 2 atom stereocenters. The highest BCUT2D eigenvalue weighted by atomic mass is 19.1. The van der Waals surface area contributed by atoms with Crippen molar-refractivity contribution in [3.63, 3.8) is 0 Å². The largest absolute Gasteiger partial charge is 0.340 e. The van der Waals surface area contributed by atoms with Crippen LogP contribution >= 0.6 is 0 Å². The minimum absolute atomic E-state index is 0.0599. The summed E-state index contributed by atoms with van der Waals surface area (Å²) in [6.45, 7) is 5.94. The third kappa shape index (κ3) is 4.60. The van der Waals surface area contributed by atoms with Gasteiger partial charge in [0.2, 0.25) is 11.8 Å². The highest BCUT2D eigenvalue weighted by Gasteiger charge is 2.45. The van der Waals surface area contributed by atoms with Gasteiger partial charge in [0.15, 0.2) is 0 Å². The third-order valence-electron chi connectivity index (χ3n) is 6.73. The summed E-state index contributed by atoms with van der Waals surface area (Å²) >= 11 is 0. The molecular formula is C26H30F2N4O2. The number of hydrogen-bond donors (Lipinski definition) is 2. The summed E-state index contributed by atoms with van der Waals surface area (Å²) in [6, 6.07) is 11.0. The molecule has 2 amide bonds. The van der Waals surface area contributed by atoms with Crippen LogP contribution in [0, 0.1) is 17.0 Å². The van der Waals surface area contributed by atoms with Crippen LogP contribution < -0.4 is 11.1 Å². The molecule has 0 radical (unpaired) electrons. The van der Waals surface area contributed by atoms with E-state index in [4.69, 9.17) is 5.73 Å². The van der Waals surface area contributed by atoms with E-state index in [-0.39, 0.29) is 18.0 Å². The average Bonchev–Trinajstić information content (AvgIpc) is 3.30. The zero-order chi connectivity index (χ0) is 24.5. The molecule has 0 saturated carbocycles. The summed E-state index contributed by atoms with van der Waals surface area (Å²) in [5, 5.41) is 3.21. The summed E-state index contributed by atoms with van der Waals surface area (Å²) in [5.41, 5.74) is 6.74. The zero-order valence-electron chi connectivity index (χ0n) is 19.4. The number of rotatable bonds is 5. The number of nitrogens with zero attached hydrogens (tertiary/aromatic N) is 2. The Labute approximate surface area is 198 Å². The van der Waals surface area contributed by atoms with E-state index < -0.39 is 35.0 Å². The first-order chi connectivity index (χ1) is 16.2. The lowest BCUT2D eigenvalue weighted by Gasteiger charge is -2.39. The van der Waals surface area contributed by atoms with Gasteiger partial charge in [-0.2, -0.15) is 0 Å². The van der Waals surface area contributed by atoms with Gasteiger partial charge in [0.25, 0.3) is 0 Å². The average molecular weight is 469 g/mol. The van der Waals surface area contributed by atoms with Crippen molar-refractivity contribution in [2.45, 2.75) is 25.9 Å². The number of nitrogens with one attached hydrogen (secondary N) is 1. The Hall–Kier alpha value is -3.10. The van der Waals surface area contributed by atoms with Gasteiger partial charge < -0.3 is 20.9 Å². The van der Waals surface area contributed by atoms with Gasteiger partial charge in [-0.1, -0.05) is 36.4 Å². The fourth-order valence-electron chi connectivity index (χ4n) is 4.57. The van der Waals surface area contributed by atoms with Crippen molar-refractivity contribution in [2.75, 3.05) is 32.7 Å². The van der Waals surface area contributed by atoms with Crippen LogP contribution in [-0.2, 0) is 9.59 Å². The highest BCUT2D eigenvalue weighted by molar-refractivity contribution is 5.94. The summed E-state index contributed by atoms with van der Waals surface area (Å²) < 4.78 is 28.4. The molecule has 4 rings (SSSR count). The van der Waals surface area contributed by atoms with E-state index in [0.29, 0.717) is 31.8 Å². The van der Waals surface area contributed by atoms with Crippen molar-refractivity contribution in [2.24, 2.45) is 11.1 Å². The molecule has 2 aliphatic rings. The standard InChI is InChI=1S/C26H30F2N4O2/c1-26(2,25(34)31-12-10-30-11-13-31)23(29)24(33)32-16-18(20-15-19(27)8-9-21(20)28)14-22(32)17-6-4-3-5-7-17/h3-9,14-15,22-23,30H,10-13,16,29H2,1-2H3/t22-,23-/m0/s1. The molecule has 8 heteroatoms. The van der Waals surface area contributed by atoms with Crippen LogP contribution in [0.3, 0.4) is 0 Å². The molecule has 6 nitrogen and oxygen atoms in total. The van der Waals surface area contributed by atoms with Gasteiger partial charge in [0, 0.05) is 38.3 Å². The van der Waals surface area contributed by atoms with Crippen LogP contribution in [0.5, 0.6) is 0 Å². The van der Waals surface area contributed by atoms with E-state index in [1.165, 1.54) is 0 Å². The number of carbonyl (C=O) groups excluding carboxylic acids is 2. The molecule has 2 heterocycles. The van der Waals surface area contributed by atoms with Crippen molar-refractivity contribution in [1.82, 2.24) is 15.1 Å². The van der Waals surface area contributed by atoms with Gasteiger partial charge in [-0.15, -0.1) is 0 Å². The van der Waals surface area contributed by atoms with Gasteiger partial charge in [-0.05, 0) is 43.2 Å². The zero-order valence-corrected chi connectivity index (χ0v) is 19.4. The van der Waals surface area contributed by atoms with Gasteiger partial charge in [0.1, 0.15) is 11.6 Å². The third-order valence-corrected chi connectivity index (χ3v) is 6.73. The van der Waals surface area contributed by atoms with Crippen molar-refractivity contribution in [3.05, 3.63) is 77.4 Å². The van der Waals surface area contributed by atoms with E-state index in [1.54, 1.807) is 29.7 Å². The van der Waals surface area contributed by atoms with E-state index >= 15 is 0 Å². The van der Waals surface area contributed by atoms with Crippen LogP contribution in [-0.4, -0.2) is 60.4 Å². The fourth-order valence-corrected chi connectivity index (χ4v) is 4.57. The van der Waals surface area contributed by atoms with Crippen LogP contribution in [0.2, 0.25) is 0 Å². The lowest BCUT2D eigenvalue weighted by molar-refractivity contribution is -0.148. The molecular weight excluding hydrogens is 438 g/mol. The molecule has 180 valence electrons. The van der Waals surface area contributed by atoms with E-state index in [0.717, 1.165) is 23.8 Å². The number of carbonyl (C=O) groups is 2. The fraction of sp³-hybridized carbons (Fsp3) is 0.385. The first kappa shape index (κ1) is 24.0. The molecule has 3 N–H and O–H groups in total. The molecule has 0 unspecified atom stereocenters. The molecule has 0 bridgehead atoms. The Kier molecular flexibility index (Phi) is 6.81. The van der Waals surface area contributed by atoms with E-state index in [1.807, 2.05) is 30.3 Å². The molecule has 0 aromatic heterocycles. The minimum atomic E-state index is -1.14.